The van der Waals surface area contributed by atoms with Gasteiger partial charge < -0.3 is 10.1 Å². The summed E-state index contributed by atoms with van der Waals surface area (Å²) in [6, 6.07) is 13.3. The molecule has 1 amide bonds. The number of ether oxygens (including phenoxy) is 1. The predicted molar refractivity (Wildman–Crippen MR) is 143 cm³/mol. The Kier molecular flexibility index (Phi) is 6.59. The molecule has 0 saturated heterocycles. The first kappa shape index (κ1) is 24.4. The van der Waals surface area contributed by atoms with Gasteiger partial charge in [-0.3, -0.25) is 14.6 Å². The molecule has 3 aromatic heterocycles. The lowest BCUT2D eigenvalue weighted by Crippen LogP contribution is -2.14. The molecule has 0 radical (unpaired) electrons. The minimum Gasteiger partial charge on any atom is -0.476 e. The van der Waals surface area contributed by atoms with Crippen molar-refractivity contribution in [1.82, 2.24) is 20.2 Å². The fourth-order valence-corrected chi connectivity index (χ4v) is 5.38. The van der Waals surface area contributed by atoms with Crippen LogP contribution in [0.15, 0.2) is 71.2 Å². The first-order chi connectivity index (χ1) is 17.8. The smallest absolute Gasteiger partial charge is 0.275 e. The van der Waals surface area contributed by atoms with Crippen LogP contribution in [0.1, 0.15) is 22.4 Å². The molecule has 5 rings (SSSR count). The lowest BCUT2D eigenvalue weighted by molar-refractivity contribution is 0.102. The number of nitrogens with one attached hydrogen (secondary N) is 3. The molecule has 0 aliphatic heterocycles. The van der Waals surface area contributed by atoms with E-state index in [1.165, 1.54) is 23.5 Å². The van der Waals surface area contributed by atoms with Gasteiger partial charge in [0.2, 0.25) is 5.88 Å². The van der Waals surface area contributed by atoms with E-state index in [2.05, 4.69) is 30.2 Å². The van der Waals surface area contributed by atoms with E-state index >= 15 is 0 Å². The molecule has 5 aromatic rings. The molecule has 0 bridgehead atoms. The van der Waals surface area contributed by atoms with Crippen LogP contribution in [-0.4, -0.2) is 41.1 Å². The molecule has 10 nitrogen and oxygen atoms in total. The Morgan fingerprint density at radius 2 is 1.86 bits per heavy atom. The number of carbonyl (C=O) groups is 1. The summed E-state index contributed by atoms with van der Waals surface area (Å²) < 4.78 is 34.2. The maximum atomic E-state index is 13.0. The van der Waals surface area contributed by atoms with E-state index in [0.717, 1.165) is 5.01 Å². The lowest BCUT2D eigenvalue weighted by Gasteiger charge is -2.14. The number of hydrogen-bond donors (Lipinski definition) is 3. The summed E-state index contributed by atoms with van der Waals surface area (Å²) >= 11 is 1.39. The number of nitrogens with zero attached hydrogens (tertiary/aromatic N) is 3. The van der Waals surface area contributed by atoms with Crippen LogP contribution in [0.3, 0.4) is 0 Å². The fourth-order valence-electron chi connectivity index (χ4n) is 3.71. The largest absolute Gasteiger partial charge is 0.476 e. The standard InChI is InChI=1S/C25H22N6O4S2/c1-3-35-25-22(31-37(33,34)18-7-5-4-6-8-18)11-17(12-26-25)16-9-20(19-13-27-30-21(19)10-16)29-24(32)23-14-36-15(2)28-23/h4-14,31H,3H2,1-2H3,(H,27,30)(H,29,32). The average molecular weight is 535 g/mol. The molecule has 3 N–H and O–H groups in total. The van der Waals surface area contributed by atoms with E-state index in [1.54, 1.807) is 55.0 Å². The number of fused-ring (bicyclic) bond motifs is 1. The molecule has 0 aliphatic rings. The van der Waals surface area contributed by atoms with Gasteiger partial charge >= 0.3 is 0 Å². The number of thiazole rings is 1. The van der Waals surface area contributed by atoms with Crippen molar-refractivity contribution in [2.24, 2.45) is 0 Å². The highest BCUT2D eigenvalue weighted by atomic mass is 32.2. The Morgan fingerprint density at radius 3 is 2.59 bits per heavy atom. The van der Waals surface area contributed by atoms with Crippen LogP contribution in [0, 0.1) is 6.92 Å². The molecule has 0 saturated carbocycles. The van der Waals surface area contributed by atoms with Crippen molar-refractivity contribution in [3.63, 3.8) is 0 Å². The number of pyridine rings is 1. The van der Waals surface area contributed by atoms with Gasteiger partial charge in [0, 0.05) is 22.5 Å². The van der Waals surface area contributed by atoms with Gasteiger partial charge in [-0.05, 0) is 49.7 Å². The summed E-state index contributed by atoms with van der Waals surface area (Å²) in [5, 5.41) is 13.1. The number of aryl methyl sites for hydroxylation is 1. The minimum absolute atomic E-state index is 0.115. The van der Waals surface area contributed by atoms with Gasteiger partial charge in [-0.1, -0.05) is 18.2 Å². The summed E-state index contributed by atoms with van der Waals surface area (Å²) in [4.78, 5) is 21.5. The highest BCUT2D eigenvalue weighted by Crippen LogP contribution is 2.34. The van der Waals surface area contributed by atoms with Crippen molar-refractivity contribution < 1.29 is 17.9 Å². The van der Waals surface area contributed by atoms with Crippen molar-refractivity contribution in [2.45, 2.75) is 18.7 Å². The van der Waals surface area contributed by atoms with Crippen molar-refractivity contribution in [2.75, 3.05) is 16.6 Å². The zero-order valence-electron chi connectivity index (χ0n) is 19.8. The number of anilines is 2. The highest BCUT2D eigenvalue weighted by Gasteiger charge is 2.19. The van der Waals surface area contributed by atoms with Crippen molar-refractivity contribution >= 4 is 49.5 Å². The monoisotopic (exact) mass is 534 g/mol. The first-order valence-corrected chi connectivity index (χ1v) is 13.6. The second-order valence-electron chi connectivity index (χ2n) is 7.99. The van der Waals surface area contributed by atoms with Gasteiger partial charge in [0.1, 0.15) is 11.4 Å². The molecular weight excluding hydrogens is 512 g/mol. The number of aromatic amines is 1. The second kappa shape index (κ2) is 9.99. The Labute approximate surface area is 216 Å². The number of aromatic nitrogens is 4. The van der Waals surface area contributed by atoms with Gasteiger partial charge in [0.05, 0.1) is 33.9 Å². The molecular formula is C25H22N6O4S2. The number of amides is 1. The Hall–Kier alpha value is -4.29. The van der Waals surface area contributed by atoms with Gasteiger partial charge in [0.15, 0.2) is 0 Å². The zero-order chi connectivity index (χ0) is 26.0. The van der Waals surface area contributed by atoms with Crippen LogP contribution in [0.4, 0.5) is 11.4 Å². The maximum Gasteiger partial charge on any atom is 0.275 e. The molecule has 0 aliphatic carbocycles. The lowest BCUT2D eigenvalue weighted by atomic mass is 10.0. The van der Waals surface area contributed by atoms with Crippen LogP contribution in [0.25, 0.3) is 22.0 Å². The predicted octanol–water partition coefficient (Wildman–Crippen LogP) is 4.84. The Morgan fingerprint density at radius 1 is 1.08 bits per heavy atom. The third-order valence-corrected chi connectivity index (χ3v) is 7.58. The normalized spacial score (nSPS) is 11.4. The van der Waals surface area contributed by atoms with Gasteiger partial charge in [-0.25, -0.2) is 18.4 Å². The van der Waals surface area contributed by atoms with E-state index in [-0.39, 0.29) is 22.4 Å². The van der Waals surface area contributed by atoms with Crippen LogP contribution in [-0.2, 0) is 10.0 Å². The molecule has 0 unspecified atom stereocenters. The minimum atomic E-state index is -3.88. The average Bonchev–Trinajstić information content (AvgIpc) is 3.55. The topological polar surface area (TPSA) is 139 Å². The van der Waals surface area contributed by atoms with Gasteiger partial charge in [0.25, 0.3) is 15.9 Å². The molecule has 0 spiro atoms. The zero-order valence-corrected chi connectivity index (χ0v) is 21.5. The number of hydrogen-bond acceptors (Lipinski definition) is 8. The molecule has 2 aromatic carbocycles. The molecule has 0 fully saturated rings. The molecule has 188 valence electrons. The molecule has 12 heteroatoms. The summed E-state index contributed by atoms with van der Waals surface area (Å²) in [5.74, 6) is -0.189. The number of H-pyrrole nitrogens is 1. The van der Waals surface area contributed by atoms with Gasteiger partial charge in [-0.15, -0.1) is 11.3 Å². The maximum absolute atomic E-state index is 13.0. The molecule has 3 heterocycles. The van der Waals surface area contributed by atoms with E-state index in [0.29, 0.717) is 40.0 Å². The van der Waals surface area contributed by atoms with E-state index in [1.807, 2.05) is 13.0 Å². The highest BCUT2D eigenvalue weighted by molar-refractivity contribution is 7.92. The van der Waals surface area contributed by atoms with Crippen molar-refractivity contribution in [3.05, 3.63) is 77.0 Å². The number of carbonyl (C=O) groups excluding carboxylic acids is 1. The summed E-state index contributed by atoms with van der Waals surface area (Å²) in [7, 11) is -3.88. The fraction of sp³-hybridized carbons (Fsp3) is 0.120. The van der Waals surface area contributed by atoms with E-state index in [4.69, 9.17) is 4.74 Å². The number of rotatable bonds is 8. The molecule has 37 heavy (non-hydrogen) atoms. The second-order valence-corrected chi connectivity index (χ2v) is 10.7. The number of benzene rings is 2. The van der Waals surface area contributed by atoms with Crippen LogP contribution in [0.5, 0.6) is 5.88 Å². The third-order valence-electron chi connectivity index (χ3n) is 5.42. The van der Waals surface area contributed by atoms with E-state index in [9.17, 15) is 13.2 Å². The van der Waals surface area contributed by atoms with Crippen molar-refractivity contribution in [3.8, 4) is 17.0 Å². The van der Waals surface area contributed by atoms with Crippen LogP contribution in [0.2, 0.25) is 0 Å². The Bertz CT molecular complexity index is 1700. The van der Waals surface area contributed by atoms with Crippen LogP contribution >= 0.6 is 11.3 Å². The Balaban J connectivity index is 1.54. The SMILES string of the molecule is CCOc1ncc(-c2cc(NC(=O)c3csc(C)n3)c3cn[nH]c3c2)cc1NS(=O)(=O)c1ccccc1. The van der Waals surface area contributed by atoms with Crippen LogP contribution < -0.4 is 14.8 Å². The summed E-state index contributed by atoms with van der Waals surface area (Å²) in [6.07, 6.45) is 3.20. The van der Waals surface area contributed by atoms with Gasteiger partial charge in [-0.2, -0.15) is 5.10 Å². The quantitative estimate of drug-likeness (QED) is 0.259. The number of sulfonamides is 1. The third kappa shape index (κ3) is 5.15. The molecule has 0 atom stereocenters. The summed E-state index contributed by atoms with van der Waals surface area (Å²) in [5.41, 5.74) is 3.00. The summed E-state index contributed by atoms with van der Waals surface area (Å²) in [6.45, 7) is 3.92. The first-order valence-electron chi connectivity index (χ1n) is 11.3. The van der Waals surface area contributed by atoms with E-state index < -0.39 is 10.0 Å². The van der Waals surface area contributed by atoms with Crippen molar-refractivity contribution in [1.29, 1.82) is 0 Å².